The van der Waals surface area contributed by atoms with Gasteiger partial charge in [-0.2, -0.15) is 0 Å². The van der Waals surface area contributed by atoms with Crippen LogP contribution in [0.15, 0.2) is 36.5 Å². The third-order valence-electron chi connectivity index (χ3n) is 6.77. The van der Waals surface area contributed by atoms with Crippen molar-refractivity contribution in [3.05, 3.63) is 59.2 Å². The number of hydrogen-bond donors (Lipinski definition) is 2. The van der Waals surface area contributed by atoms with Gasteiger partial charge in [0.2, 0.25) is 0 Å². The Morgan fingerprint density at radius 2 is 2.00 bits per heavy atom. The minimum atomic E-state index is 0.337. The van der Waals surface area contributed by atoms with Gasteiger partial charge < -0.3 is 20.9 Å². The van der Waals surface area contributed by atoms with Crippen LogP contribution in [0.25, 0.3) is 5.65 Å². The van der Waals surface area contributed by atoms with Crippen LogP contribution in [0, 0.1) is 0 Å². The molecule has 0 aromatic carbocycles. The first-order valence-corrected chi connectivity index (χ1v) is 11.5. The van der Waals surface area contributed by atoms with E-state index >= 15 is 0 Å². The summed E-state index contributed by atoms with van der Waals surface area (Å²) in [6, 6.07) is 11.0. The van der Waals surface area contributed by atoms with E-state index in [1.165, 1.54) is 23.5 Å². The molecule has 164 valence electrons. The molecule has 3 aromatic rings. The lowest BCUT2D eigenvalue weighted by Gasteiger charge is -2.34. The molecule has 7 heteroatoms. The molecule has 0 unspecified atom stereocenters. The van der Waals surface area contributed by atoms with Gasteiger partial charge in [-0.1, -0.05) is 12.1 Å². The number of nitrogens with two attached hydrogens (primary N) is 1. The van der Waals surface area contributed by atoms with Crippen LogP contribution in [0.3, 0.4) is 0 Å². The van der Waals surface area contributed by atoms with Gasteiger partial charge in [0.15, 0.2) is 0 Å². The number of aromatic nitrogens is 3. The van der Waals surface area contributed by atoms with Crippen LogP contribution in [-0.4, -0.2) is 59.0 Å². The van der Waals surface area contributed by atoms with Crippen molar-refractivity contribution in [1.82, 2.24) is 24.6 Å². The molecule has 0 radical (unpaired) electrons. The minimum Gasteiger partial charge on any atom is -0.355 e. The summed E-state index contributed by atoms with van der Waals surface area (Å²) < 4.78 is 2.28. The van der Waals surface area contributed by atoms with Gasteiger partial charge in [-0.15, -0.1) is 0 Å². The average molecular weight is 420 g/mol. The minimum absolute atomic E-state index is 0.337. The Kier molecular flexibility index (Phi) is 5.89. The van der Waals surface area contributed by atoms with Gasteiger partial charge >= 0.3 is 0 Å². The van der Waals surface area contributed by atoms with Gasteiger partial charge in [0.1, 0.15) is 11.5 Å². The highest BCUT2D eigenvalue weighted by molar-refractivity contribution is 5.55. The van der Waals surface area contributed by atoms with Gasteiger partial charge in [-0.25, -0.2) is 4.98 Å². The van der Waals surface area contributed by atoms with Crippen molar-refractivity contribution in [2.45, 2.75) is 38.3 Å². The number of pyridine rings is 2. The van der Waals surface area contributed by atoms with Gasteiger partial charge in [0.25, 0.3) is 0 Å². The van der Waals surface area contributed by atoms with E-state index in [-0.39, 0.29) is 0 Å². The molecular weight excluding hydrogens is 386 g/mol. The zero-order valence-electron chi connectivity index (χ0n) is 18.4. The average Bonchev–Trinajstić information content (AvgIpc) is 3.17. The molecule has 3 aromatic heterocycles. The van der Waals surface area contributed by atoms with Crippen molar-refractivity contribution in [2.75, 3.05) is 44.7 Å². The summed E-state index contributed by atoms with van der Waals surface area (Å²) in [6.45, 7) is 5.59. The van der Waals surface area contributed by atoms with Gasteiger partial charge in [-0.3, -0.25) is 9.38 Å². The summed E-state index contributed by atoms with van der Waals surface area (Å²) in [7, 11) is 2.19. The van der Waals surface area contributed by atoms with Crippen molar-refractivity contribution in [3.63, 3.8) is 0 Å². The van der Waals surface area contributed by atoms with Crippen LogP contribution < -0.4 is 16.0 Å². The van der Waals surface area contributed by atoms with Crippen molar-refractivity contribution in [1.29, 1.82) is 0 Å². The first-order chi connectivity index (χ1) is 15.2. The highest BCUT2D eigenvalue weighted by atomic mass is 15.3. The molecule has 1 fully saturated rings. The fraction of sp³-hybridized carbons (Fsp3) is 0.500. The summed E-state index contributed by atoms with van der Waals surface area (Å²) >= 11 is 0. The highest BCUT2D eigenvalue weighted by Gasteiger charge is 2.22. The van der Waals surface area contributed by atoms with E-state index in [0.29, 0.717) is 12.6 Å². The molecule has 4 heterocycles. The lowest BCUT2D eigenvalue weighted by atomic mass is 9.92. The van der Waals surface area contributed by atoms with Crippen LogP contribution in [0.1, 0.15) is 41.5 Å². The SMILES string of the molecule is CN1CCN(c2cccc3nc(CCN[C@H]4CCCc5cccnc54)c(CN)n23)CC1. The molecule has 0 saturated carbocycles. The lowest BCUT2D eigenvalue weighted by molar-refractivity contribution is 0.311. The topological polar surface area (TPSA) is 74.7 Å². The molecule has 1 saturated heterocycles. The Balaban J connectivity index is 1.34. The molecule has 0 spiro atoms. The number of imidazole rings is 1. The summed E-state index contributed by atoms with van der Waals surface area (Å²) in [4.78, 5) is 14.5. The molecule has 0 amide bonds. The number of hydrogen-bond acceptors (Lipinski definition) is 6. The lowest BCUT2D eigenvalue weighted by Crippen LogP contribution is -2.45. The first-order valence-electron chi connectivity index (χ1n) is 11.5. The van der Waals surface area contributed by atoms with E-state index in [1.54, 1.807) is 0 Å². The standard InChI is InChI=1S/C24H33N7/c1-29-13-15-30(16-14-29)23-9-3-8-22-28-19(21(17-25)31(22)23)10-12-26-20-7-2-5-18-6-4-11-27-24(18)20/h3-4,6,8-9,11,20,26H,2,5,7,10,12-17,25H2,1H3/t20-/m0/s1. The van der Waals surface area contributed by atoms with Crippen LogP contribution in [0.2, 0.25) is 0 Å². The van der Waals surface area contributed by atoms with Crippen molar-refractivity contribution in [3.8, 4) is 0 Å². The molecule has 3 N–H and O–H groups in total. The summed E-state index contributed by atoms with van der Waals surface area (Å²) in [5.41, 5.74) is 12.1. The molecule has 1 atom stereocenters. The number of likely N-dealkylation sites (N-methyl/N-ethyl adjacent to an activating group) is 1. The van der Waals surface area contributed by atoms with E-state index in [0.717, 1.165) is 69.0 Å². The van der Waals surface area contributed by atoms with E-state index < -0.39 is 0 Å². The third kappa shape index (κ3) is 4.05. The Morgan fingerprint density at radius 3 is 2.84 bits per heavy atom. The molecule has 1 aliphatic carbocycles. The Bertz CT molecular complexity index is 1040. The number of fused-ring (bicyclic) bond motifs is 2. The van der Waals surface area contributed by atoms with Crippen molar-refractivity contribution in [2.24, 2.45) is 5.73 Å². The smallest absolute Gasteiger partial charge is 0.138 e. The summed E-state index contributed by atoms with van der Waals surface area (Å²) in [5, 5.41) is 3.74. The normalized spacial score (nSPS) is 19.7. The third-order valence-corrected chi connectivity index (χ3v) is 6.77. The summed E-state index contributed by atoms with van der Waals surface area (Å²) in [6.07, 6.45) is 6.28. The predicted octanol–water partition coefficient (Wildman–Crippen LogP) is 2.15. The highest BCUT2D eigenvalue weighted by Crippen LogP contribution is 2.28. The first kappa shape index (κ1) is 20.4. The fourth-order valence-electron chi connectivity index (χ4n) is 5.05. The second-order valence-electron chi connectivity index (χ2n) is 8.77. The molecule has 1 aliphatic heterocycles. The van der Waals surface area contributed by atoms with Gasteiger partial charge in [-0.05, 0) is 50.1 Å². The van der Waals surface area contributed by atoms with E-state index in [9.17, 15) is 0 Å². The quantitative estimate of drug-likeness (QED) is 0.638. The number of nitrogens with one attached hydrogen (secondary N) is 1. The van der Waals surface area contributed by atoms with E-state index in [2.05, 4.69) is 55.8 Å². The number of nitrogens with zero attached hydrogens (tertiary/aromatic N) is 5. The largest absolute Gasteiger partial charge is 0.355 e. The number of piperazine rings is 1. The molecule has 31 heavy (non-hydrogen) atoms. The maximum atomic E-state index is 6.24. The van der Waals surface area contributed by atoms with Crippen LogP contribution in [-0.2, 0) is 19.4 Å². The van der Waals surface area contributed by atoms with Crippen LogP contribution >= 0.6 is 0 Å². The van der Waals surface area contributed by atoms with Gasteiger partial charge in [0, 0.05) is 57.9 Å². The maximum Gasteiger partial charge on any atom is 0.138 e. The zero-order valence-corrected chi connectivity index (χ0v) is 18.4. The predicted molar refractivity (Wildman–Crippen MR) is 124 cm³/mol. The monoisotopic (exact) mass is 419 g/mol. The second-order valence-corrected chi connectivity index (χ2v) is 8.77. The summed E-state index contributed by atoms with van der Waals surface area (Å²) in [5.74, 6) is 1.21. The van der Waals surface area contributed by atoms with Crippen molar-refractivity contribution >= 4 is 11.5 Å². The molecule has 7 nitrogen and oxygen atoms in total. The molecule has 2 aliphatic rings. The molecule has 5 rings (SSSR count). The molecule has 0 bridgehead atoms. The van der Waals surface area contributed by atoms with Gasteiger partial charge in [0.05, 0.1) is 17.1 Å². The number of aryl methyl sites for hydroxylation is 1. The fourth-order valence-corrected chi connectivity index (χ4v) is 5.05. The maximum absolute atomic E-state index is 6.24. The van der Waals surface area contributed by atoms with E-state index in [1.807, 2.05) is 12.3 Å². The number of anilines is 1. The van der Waals surface area contributed by atoms with Crippen LogP contribution in [0.4, 0.5) is 5.82 Å². The Morgan fingerprint density at radius 1 is 1.13 bits per heavy atom. The number of rotatable bonds is 6. The Hall–Kier alpha value is -2.48. The second kappa shape index (κ2) is 8.94. The van der Waals surface area contributed by atoms with Crippen LogP contribution in [0.5, 0.6) is 0 Å². The molecular formula is C24H33N7. The van der Waals surface area contributed by atoms with Crippen molar-refractivity contribution < 1.29 is 0 Å². The Labute approximate surface area is 184 Å². The zero-order chi connectivity index (χ0) is 21.2. The van der Waals surface area contributed by atoms with E-state index in [4.69, 9.17) is 10.7 Å².